The first kappa shape index (κ1) is 52.3. The fourth-order valence-electron chi connectivity index (χ4n) is 9.82. The number of rotatable bonds is 5. The molecule has 0 aromatic carbocycles. The highest BCUT2D eigenvalue weighted by Gasteiger charge is 2.53. The Hall–Kier alpha value is -3.33. The summed E-state index contributed by atoms with van der Waals surface area (Å²) in [5.74, 6) is -7.65. The molecule has 3 aliphatic heterocycles. The van der Waals surface area contributed by atoms with Crippen molar-refractivity contribution >= 4 is 29.2 Å². The summed E-state index contributed by atoms with van der Waals surface area (Å²) in [6.45, 7) is 12.9. The maximum atomic E-state index is 14.3. The summed E-state index contributed by atoms with van der Waals surface area (Å²) >= 11 is 0. The lowest BCUT2D eigenvalue weighted by Crippen LogP contribution is -2.60. The van der Waals surface area contributed by atoms with E-state index in [0.29, 0.717) is 69.8 Å². The number of aliphatic hydroxyl groups excluding tert-OH is 2. The molecule has 3 fully saturated rings. The molecule has 1 unspecified atom stereocenters. The summed E-state index contributed by atoms with van der Waals surface area (Å²) in [5, 5.41) is 33.7. The fraction of sp³-hybridized carbons (Fsp3) is 0.740. The van der Waals surface area contributed by atoms with Crippen molar-refractivity contribution in [3.05, 3.63) is 47.6 Å². The quantitative estimate of drug-likeness (QED) is 0.154. The number of carbonyl (C=O) groups excluding carboxylic acids is 5. The number of piperidine rings is 1. The third-order valence-electron chi connectivity index (χ3n) is 14.1. The molecule has 4 rings (SSSR count). The highest BCUT2D eigenvalue weighted by Crippen LogP contribution is 2.37. The van der Waals surface area contributed by atoms with Gasteiger partial charge in [0.15, 0.2) is 5.78 Å². The van der Waals surface area contributed by atoms with Crippen LogP contribution in [-0.2, 0) is 42.9 Å². The van der Waals surface area contributed by atoms with E-state index in [1.807, 2.05) is 58.1 Å². The Bertz CT molecular complexity index is 1700. The number of ether oxygens (including phenoxy) is 4. The van der Waals surface area contributed by atoms with Gasteiger partial charge in [-0.2, -0.15) is 0 Å². The van der Waals surface area contributed by atoms with Gasteiger partial charge in [-0.05, 0) is 114 Å². The topological polar surface area (TPSA) is 186 Å². The van der Waals surface area contributed by atoms with E-state index in [0.717, 1.165) is 12.0 Å². The van der Waals surface area contributed by atoms with E-state index in [4.69, 9.17) is 18.9 Å². The highest BCUT2D eigenvalue weighted by molar-refractivity contribution is 6.39. The minimum Gasteiger partial charge on any atom is -0.460 e. The van der Waals surface area contributed by atoms with Crippen molar-refractivity contribution in [2.75, 3.05) is 20.8 Å². The Balaban J connectivity index is 1.67. The molecule has 354 valence electrons. The molecule has 1 amide bonds. The smallest absolute Gasteiger partial charge is 0.329 e. The van der Waals surface area contributed by atoms with Crippen LogP contribution in [0.1, 0.15) is 132 Å². The number of cyclic esters (lactones) is 1. The van der Waals surface area contributed by atoms with Crippen LogP contribution in [0.2, 0.25) is 0 Å². The number of nitrogens with zero attached hydrogens (tertiary/aromatic N) is 1. The van der Waals surface area contributed by atoms with Crippen molar-refractivity contribution in [3.63, 3.8) is 0 Å². The lowest BCUT2D eigenvalue weighted by atomic mass is 9.78. The van der Waals surface area contributed by atoms with Gasteiger partial charge in [0.25, 0.3) is 11.7 Å². The van der Waals surface area contributed by atoms with E-state index in [1.165, 1.54) is 12.0 Å². The largest absolute Gasteiger partial charge is 0.460 e. The van der Waals surface area contributed by atoms with E-state index in [-0.39, 0.29) is 54.8 Å². The van der Waals surface area contributed by atoms with E-state index < -0.39 is 77.8 Å². The number of aliphatic hydroxyl groups is 3. The maximum absolute atomic E-state index is 14.3. The number of hydrogen-bond acceptors (Lipinski definition) is 12. The molecule has 63 heavy (non-hydrogen) atoms. The van der Waals surface area contributed by atoms with Crippen LogP contribution in [0.25, 0.3) is 0 Å². The summed E-state index contributed by atoms with van der Waals surface area (Å²) < 4.78 is 23.5. The zero-order valence-electron chi connectivity index (χ0n) is 39.3. The summed E-state index contributed by atoms with van der Waals surface area (Å²) in [7, 11) is 2.95. The molecule has 2 bridgehead atoms. The van der Waals surface area contributed by atoms with Crippen LogP contribution in [-0.4, -0.2) is 119 Å². The minimum atomic E-state index is -2.36. The lowest BCUT2D eigenvalue weighted by molar-refractivity contribution is -0.263. The minimum absolute atomic E-state index is 0.0501. The van der Waals surface area contributed by atoms with Crippen LogP contribution in [0.15, 0.2) is 47.6 Å². The summed E-state index contributed by atoms with van der Waals surface area (Å²) in [6, 6.07) is -1.11. The van der Waals surface area contributed by atoms with Crippen molar-refractivity contribution in [3.8, 4) is 0 Å². The van der Waals surface area contributed by atoms with Crippen LogP contribution >= 0.6 is 0 Å². The third kappa shape index (κ3) is 14.1. The van der Waals surface area contributed by atoms with Gasteiger partial charge in [0.1, 0.15) is 30.1 Å². The molecular formula is C50H77NO12. The van der Waals surface area contributed by atoms with Crippen LogP contribution in [0.4, 0.5) is 0 Å². The van der Waals surface area contributed by atoms with Gasteiger partial charge < -0.3 is 39.2 Å². The molecule has 2 saturated heterocycles. The predicted octanol–water partition coefficient (Wildman–Crippen LogP) is 6.56. The van der Waals surface area contributed by atoms with Gasteiger partial charge in [-0.3, -0.25) is 19.2 Å². The van der Waals surface area contributed by atoms with E-state index in [9.17, 15) is 39.3 Å². The Morgan fingerprint density at radius 1 is 0.889 bits per heavy atom. The molecule has 3 N–H and O–H groups in total. The van der Waals surface area contributed by atoms with Crippen molar-refractivity contribution < 1.29 is 58.2 Å². The van der Waals surface area contributed by atoms with Gasteiger partial charge in [-0.25, -0.2) is 4.79 Å². The van der Waals surface area contributed by atoms with E-state index >= 15 is 0 Å². The molecule has 1 saturated carbocycles. The van der Waals surface area contributed by atoms with Crippen LogP contribution in [0.3, 0.4) is 0 Å². The molecule has 0 aromatic rings. The number of allylic oxidation sites excluding steroid dienone is 7. The molecule has 13 heteroatoms. The molecule has 3 heterocycles. The molecular weight excluding hydrogens is 807 g/mol. The SMILES string of the molecule is CO[C@@H]1C[C@H](C[C@@H](C)C2CC(=O)[C@H](C)/C=C(\C)[C@@H](O)[C@@H](OC)C(=O)[C@H](C)C[C@H](C)/C=C/C=C/C=C(\C)CC[C@@H]3CC[C@@H](C)[C@@](O)(O3)C(=O)C(=O)N3CCCC[C@H]3C(=O)O2)CC[C@H]1O. The maximum Gasteiger partial charge on any atom is 0.329 e. The van der Waals surface area contributed by atoms with Gasteiger partial charge >= 0.3 is 5.97 Å². The van der Waals surface area contributed by atoms with Gasteiger partial charge in [0.2, 0.25) is 5.79 Å². The number of esters is 1. The second-order valence-corrected chi connectivity index (χ2v) is 19.3. The second kappa shape index (κ2) is 24.3. The zero-order valence-corrected chi connectivity index (χ0v) is 39.3. The molecule has 1 aliphatic carbocycles. The highest BCUT2D eigenvalue weighted by atomic mass is 16.6. The number of Topliss-reactive ketones (excluding diaryl/α,β-unsaturated/α-hetero) is 3. The molecule has 14 atom stereocenters. The van der Waals surface area contributed by atoms with Crippen LogP contribution in [0, 0.1) is 35.5 Å². The van der Waals surface area contributed by atoms with Crippen molar-refractivity contribution in [2.24, 2.45) is 35.5 Å². The van der Waals surface area contributed by atoms with E-state index in [2.05, 4.69) is 0 Å². The van der Waals surface area contributed by atoms with Gasteiger partial charge in [0.05, 0.1) is 18.3 Å². The number of carbonyl (C=O) groups is 5. The summed E-state index contributed by atoms with van der Waals surface area (Å²) in [4.78, 5) is 71.4. The van der Waals surface area contributed by atoms with Gasteiger partial charge in [-0.15, -0.1) is 0 Å². The number of ketones is 3. The van der Waals surface area contributed by atoms with Gasteiger partial charge in [0, 0.05) is 44.9 Å². The molecule has 0 radical (unpaired) electrons. The lowest BCUT2D eigenvalue weighted by Gasteiger charge is -2.42. The number of fused-ring (bicyclic) bond motifs is 3. The van der Waals surface area contributed by atoms with E-state index in [1.54, 1.807) is 34.0 Å². The Morgan fingerprint density at radius 2 is 1.62 bits per heavy atom. The first-order valence-electron chi connectivity index (χ1n) is 23.4. The normalized spacial score (nSPS) is 40.1. The first-order valence-corrected chi connectivity index (χ1v) is 23.4. The number of amides is 1. The summed E-state index contributed by atoms with van der Waals surface area (Å²) in [5.41, 5.74) is 1.46. The molecule has 4 aliphatic rings. The second-order valence-electron chi connectivity index (χ2n) is 19.3. The standard InChI is InChI=1S/C50H77NO12/c1-30-15-11-10-12-16-31(2)25-34(5)44(54)46(61-9)45(55)35(6)26-32(3)41(53)29-42(33(4)27-37-20-23-40(52)43(28-37)60-8)62-49(58)39-17-13-14-24-51(39)48(57)47(56)50(59)36(7)19-22-38(63-50)21-18-30/h10-12,15-16,26,31-34,36-40,42-43,45-46,52,55,59H,13-14,17-25,27-29H2,1-9H3/b11-10+,16-12+,30-15+,35-26+/t31-,32-,33-,34-,36-,37+,38-,39+,40-,42?,43-,45-,46+,50-/m1/s1. The molecule has 13 nitrogen and oxygen atoms in total. The van der Waals surface area contributed by atoms with Crippen molar-refractivity contribution in [1.29, 1.82) is 0 Å². The zero-order chi connectivity index (χ0) is 46.6. The molecule has 0 aromatic heterocycles. The van der Waals surface area contributed by atoms with Gasteiger partial charge in [-0.1, -0.05) is 76.6 Å². The summed E-state index contributed by atoms with van der Waals surface area (Å²) in [6.07, 6.45) is 13.1. The first-order chi connectivity index (χ1) is 29.8. The predicted molar refractivity (Wildman–Crippen MR) is 239 cm³/mol. The fourth-order valence-corrected chi connectivity index (χ4v) is 9.82. The van der Waals surface area contributed by atoms with Crippen molar-refractivity contribution in [1.82, 2.24) is 4.90 Å². The Morgan fingerprint density at radius 3 is 2.32 bits per heavy atom. The van der Waals surface area contributed by atoms with Crippen molar-refractivity contribution in [2.45, 2.75) is 180 Å². The third-order valence-corrected chi connectivity index (χ3v) is 14.1. The monoisotopic (exact) mass is 884 g/mol. The number of methoxy groups -OCH3 is 2. The number of hydrogen-bond donors (Lipinski definition) is 3. The Labute approximate surface area is 375 Å². The average Bonchev–Trinajstić information content (AvgIpc) is 3.26. The molecule has 0 spiro atoms. The van der Waals surface area contributed by atoms with Crippen LogP contribution < -0.4 is 0 Å². The Kier molecular flexibility index (Phi) is 20.1. The average molecular weight is 884 g/mol. The van der Waals surface area contributed by atoms with Crippen LogP contribution in [0.5, 0.6) is 0 Å².